The second-order valence-corrected chi connectivity index (χ2v) is 7.17. The van der Waals surface area contributed by atoms with Crippen LogP contribution in [0, 0.1) is 11.3 Å². The highest BCUT2D eigenvalue weighted by Crippen LogP contribution is 2.24. The van der Waals surface area contributed by atoms with Crippen molar-refractivity contribution in [3.8, 4) is 6.07 Å². The molecule has 1 saturated heterocycles. The van der Waals surface area contributed by atoms with E-state index >= 15 is 0 Å². The van der Waals surface area contributed by atoms with Crippen LogP contribution < -0.4 is 10.2 Å². The van der Waals surface area contributed by atoms with Crippen molar-refractivity contribution in [2.24, 2.45) is 0 Å². The van der Waals surface area contributed by atoms with Crippen LogP contribution in [-0.2, 0) is 9.59 Å². The zero-order valence-corrected chi connectivity index (χ0v) is 14.7. The number of hydrogen-bond donors (Lipinski definition) is 1. The zero-order chi connectivity index (χ0) is 17.9. The molecule has 0 spiro atoms. The molecule has 1 unspecified atom stereocenters. The number of hydrogen-bond acceptors (Lipinski definition) is 4. The lowest BCUT2D eigenvalue weighted by Crippen LogP contribution is -2.48. The number of rotatable bonds is 4. The van der Waals surface area contributed by atoms with Crippen molar-refractivity contribution in [1.82, 2.24) is 10.2 Å². The van der Waals surface area contributed by atoms with E-state index in [4.69, 9.17) is 5.26 Å². The van der Waals surface area contributed by atoms with E-state index in [0.29, 0.717) is 18.5 Å². The Kier molecular flexibility index (Phi) is 5.25. The summed E-state index contributed by atoms with van der Waals surface area (Å²) >= 11 is 0. The number of anilines is 1. The van der Waals surface area contributed by atoms with Crippen molar-refractivity contribution in [2.75, 3.05) is 25.0 Å². The van der Waals surface area contributed by atoms with Crippen molar-refractivity contribution in [3.05, 3.63) is 29.8 Å². The van der Waals surface area contributed by atoms with Gasteiger partial charge in [-0.2, -0.15) is 5.26 Å². The molecule has 6 nitrogen and oxygen atoms in total. The van der Waals surface area contributed by atoms with Crippen molar-refractivity contribution in [3.63, 3.8) is 0 Å². The van der Waals surface area contributed by atoms with E-state index in [1.165, 1.54) is 0 Å². The Hall–Kier alpha value is -2.39. The summed E-state index contributed by atoms with van der Waals surface area (Å²) in [6.07, 6.45) is 0.679. The molecule has 0 aromatic heterocycles. The van der Waals surface area contributed by atoms with Crippen LogP contribution in [0.25, 0.3) is 0 Å². The van der Waals surface area contributed by atoms with Crippen LogP contribution in [0.4, 0.5) is 5.69 Å². The second-order valence-electron chi connectivity index (χ2n) is 7.17. The zero-order valence-electron chi connectivity index (χ0n) is 14.7. The number of nitriles is 1. The molecule has 1 fully saturated rings. The van der Waals surface area contributed by atoms with Gasteiger partial charge in [0.2, 0.25) is 11.8 Å². The van der Waals surface area contributed by atoms with Crippen molar-refractivity contribution < 1.29 is 9.59 Å². The third kappa shape index (κ3) is 4.33. The van der Waals surface area contributed by atoms with Crippen LogP contribution in [0.3, 0.4) is 0 Å². The van der Waals surface area contributed by atoms with Crippen LogP contribution in [0.1, 0.15) is 32.8 Å². The molecule has 0 aliphatic carbocycles. The van der Waals surface area contributed by atoms with Gasteiger partial charge in [-0.3, -0.25) is 14.5 Å². The SMILES string of the molecule is CN(CC(=O)NC(C)(C)C)C1CCN(c2ccc(C#N)cc2)C1=O. The largest absolute Gasteiger partial charge is 0.350 e. The van der Waals surface area contributed by atoms with E-state index in [2.05, 4.69) is 11.4 Å². The van der Waals surface area contributed by atoms with Gasteiger partial charge >= 0.3 is 0 Å². The van der Waals surface area contributed by atoms with Gasteiger partial charge in [-0.1, -0.05) is 0 Å². The highest BCUT2D eigenvalue weighted by atomic mass is 16.2. The van der Waals surface area contributed by atoms with Gasteiger partial charge < -0.3 is 10.2 Å². The van der Waals surface area contributed by atoms with Crippen LogP contribution >= 0.6 is 0 Å². The maximum absolute atomic E-state index is 12.7. The van der Waals surface area contributed by atoms with Gasteiger partial charge in [-0.05, 0) is 58.5 Å². The number of benzene rings is 1. The van der Waals surface area contributed by atoms with Gasteiger partial charge in [-0.15, -0.1) is 0 Å². The van der Waals surface area contributed by atoms with Crippen molar-refractivity contribution in [1.29, 1.82) is 5.26 Å². The molecule has 1 aliphatic rings. The van der Waals surface area contributed by atoms with E-state index in [-0.39, 0.29) is 29.9 Å². The molecule has 1 aromatic carbocycles. The molecule has 1 aromatic rings. The lowest BCUT2D eigenvalue weighted by atomic mass is 10.1. The summed E-state index contributed by atoms with van der Waals surface area (Å²) in [5.41, 5.74) is 1.07. The fourth-order valence-corrected chi connectivity index (χ4v) is 2.84. The first kappa shape index (κ1) is 18.0. The molecular formula is C18H24N4O2. The number of nitrogens with one attached hydrogen (secondary N) is 1. The number of likely N-dealkylation sites (N-methyl/N-ethyl adjacent to an activating group) is 1. The first-order valence-electron chi connectivity index (χ1n) is 8.04. The molecule has 2 rings (SSSR count). The summed E-state index contributed by atoms with van der Waals surface area (Å²) < 4.78 is 0. The summed E-state index contributed by atoms with van der Waals surface area (Å²) in [5, 5.41) is 11.8. The molecule has 128 valence electrons. The third-order valence-corrected chi connectivity index (χ3v) is 3.92. The van der Waals surface area contributed by atoms with Crippen LogP contribution in [0.2, 0.25) is 0 Å². The number of carbonyl (C=O) groups is 2. The predicted molar refractivity (Wildman–Crippen MR) is 92.4 cm³/mol. The van der Waals surface area contributed by atoms with Crippen LogP contribution in [-0.4, -0.2) is 48.4 Å². The minimum atomic E-state index is -0.300. The highest BCUT2D eigenvalue weighted by molar-refractivity contribution is 5.99. The quantitative estimate of drug-likeness (QED) is 0.909. The van der Waals surface area contributed by atoms with E-state index in [9.17, 15) is 9.59 Å². The van der Waals surface area contributed by atoms with E-state index in [1.54, 1.807) is 41.1 Å². The second kappa shape index (κ2) is 7.02. The molecular weight excluding hydrogens is 304 g/mol. The highest BCUT2D eigenvalue weighted by Gasteiger charge is 2.36. The summed E-state index contributed by atoms with van der Waals surface area (Å²) in [6, 6.07) is 8.74. The molecule has 0 radical (unpaired) electrons. The average molecular weight is 328 g/mol. The van der Waals surface area contributed by atoms with E-state index in [0.717, 1.165) is 5.69 Å². The molecule has 24 heavy (non-hydrogen) atoms. The molecule has 1 atom stereocenters. The molecule has 0 saturated carbocycles. The first-order chi connectivity index (χ1) is 11.2. The van der Waals surface area contributed by atoms with Gasteiger partial charge in [0.1, 0.15) is 0 Å². The molecule has 6 heteroatoms. The standard InChI is InChI=1S/C18H24N4O2/c1-18(2,3)20-16(23)12-21(4)15-9-10-22(17(15)24)14-7-5-13(11-19)6-8-14/h5-8,15H,9-10,12H2,1-4H3,(H,20,23). The Morgan fingerprint density at radius 3 is 2.54 bits per heavy atom. The molecule has 0 bridgehead atoms. The normalized spacial score (nSPS) is 17.9. The minimum Gasteiger partial charge on any atom is -0.350 e. The molecule has 1 heterocycles. The average Bonchev–Trinajstić information content (AvgIpc) is 2.87. The number of amides is 2. The van der Waals surface area contributed by atoms with Crippen LogP contribution in [0.5, 0.6) is 0 Å². The monoisotopic (exact) mass is 328 g/mol. The summed E-state index contributed by atoms with van der Waals surface area (Å²) in [4.78, 5) is 28.2. The fraction of sp³-hybridized carbons (Fsp3) is 0.500. The van der Waals surface area contributed by atoms with Gasteiger partial charge in [0.15, 0.2) is 0 Å². The Morgan fingerprint density at radius 1 is 1.38 bits per heavy atom. The predicted octanol–water partition coefficient (Wildman–Crippen LogP) is 1.51. The maximum atomic E-state index is 12.7. The Morgan fingerprint density at radius 2 is 2.00 bits per heavy atom. The lowest BCUT2D eigenvalue weighted by Gasteiger charge is -2.26. The summed E-state index contributed by atoms with van der Waals surface area (Å²) in [7, 11) is 1.80. The number of nitrogens with zero attached hydrogens (tertiary/aromatic N) is 3. The van der Waals surface area contributed by atoms with Crippen molar-refractivity contribution in [2.45, 2.75) is 38.8 Å². The molecule has 2 amide bonds. The fourth-order valence-electron chi connectivity index (χ4n) is 2.84. The molecule has 1 N–H and O–H groups in total. The van der Waals surface area contributed by atoms with Gasteiger partial charge in [0.25, 0.3) is 0 Å². The first-order valence-corrected chi connectivity index (χ1v) is 8.04. The topological polar surface area (TPSA) is 76.4 Å². The Balaban J connectivity index is 2.00. The summed E-state index contributed by atoms with van der Waals surface area (Å²) in [6.45, 7) is 6.59. The summed E-state index contributed by atoms with van der Waals surface area (Å²) in [5.74, 6) is -0.0969. The maximum Gasteiger partial charge on any atom is 0.244 e. The van der Waals surface area contributed by atoms with Crippen molar-refractivity contribution >= 4 is 17.5 Å². The Labute approximate surface area is 143 Å². The van der Waals surface area contributed by atoms with Gasteiger partial charge in [0, 0.05) is 17.8 Å². The van der Waals surface area contributed by atoms with Gasteiger partial charge in [0.05, 0.1) is 24.2 Å². The lowest BCUT2D eigenvalue weighted by molar-refractivity contribution is -0.126. The molecule has 1 aliphatic heterocycles. The van der Waals surface area contributed by atoms with E-state index < -0.39 is 0 Å². The minimum absolute atomic E-state index is 0.00855. The third-order valence-electron chi connectivity index (χ3n) is 3.92. The van der Waals surface area contributed by atoms with Crippen LogP contribution in [0.15, 0.2) is 24.3 Å². The van der Waals surface area contributed by atoms with Gasteiger partial charge in [-0.25, -0.2) is 0 Å². The van der Waals surface area contributed by atoms with E-state index in [1.807, 2.05) is 20.8 Å². The Bertz CT molecular complexity index is 655. The smallest absolute Gasteiger partial charge is 0.244 e. The number of carbonyl (C=O) groups excluding carboxylic acids is 2.